The first-order chi connectivity index (χ1) is 12.3. The fourth-order valence-corrected chi connectivity index (χ4v) is 2.18. The summed E-state index contributed by atoms with van der Waals surface area (Å²) in [5.41, 5.74) is -3.70. The van der Waals surface area contributed by atoms with E-state index in [4.69, 9.17) is 0 Å². The Morgan fingerprint density at radius 1 is 0.852 bits per heavy atom. The maximum atomic E-state index is 12.8. The van der Waals surface area contributed by atoms with Crippen LogP contribution >= 0.6 is 12.6 Å². The topological polar surface area (TPSA) is 63.6 Å². The fourth-order valence-electron chi connectivity index (χ4n) is 2.00. The Kier molecular flexibility index (Phi) is 5.45. The van der Waals surface area contributed by atoms with Crippen LogP contribution in [-0.2, 0) is 12.4 Å². The van der Waals surface area contributed by atoms with Gasteiger partial charge in [-0.25, -0.2) is 4.79 Å². The van der Waals surface area contributed by atoms with E-state index in [-0.39, 0.29) is 6.07 Å². The van der Waals surface area contributed by atoms with Gasteiger partial charge >= 0.3 is 18.3 Å². The number of hydrogen-bond acceptors (Lipinski definition) is 4. The number of ether oxygens (including phenoxy) is 1. The standard InChI is InChI=1S/C16H8F6O4S/c17-15(18,19)7-1-3-9(11(23)5-7)13(24)26-12-6-8(16(20,21)22)2-4-10(12)14(25)27/h1-6,23H,(H,25,27). The lowest BCUT2D eigenvalue weighted by molar-refractivity contribution is -0.138. The quantitative estimate of drug-likeness (QED) is 0.333. The van der Waals surface area contributed by atoms with Crippen LogP contribution in [0.2, 0.25) is 0 Å². The smallest absolute Gasteiger partial charge is 0.416 e. The van der Waals surface area contributed by atoms with Crippen molar-refractivity contribution in [2.24, 2.45) is 0 Å². The van der Waals surface area contributed by atoms with Gasteiger partial charge in [0.2, 0.25) is 5.12 Å². The van der Waals surface area contributed by atoms with Gasteiger partial charge in [-0.3, -0.25) is 4.79 Å². The Bertz CT molecular complexity index is 905. The fraction of sp³-hybridized carbons (Fsp3) is 0.125. The average molecular weight is 410 g/mol. The second-order valence-electron chi connectivity index (χ2n) is 5.13. The van der Waals surface area contributed by atoms with E-state index in [0.717, 1.165) is 6.07 Å². The van der Waals surface area contributed by atoms with Crippen molar-refractivity contribution in [2.75, 3.05) is 0 Å². The molecule has 11 heteroatoms. The highest BCUT2D eigenvalue weighted by Crippen LogP contribution is 2.35. The van der Waals surface area contributed by atoms with Gasteiger partial charge in [0.15, 0.2) is 0 Å². The second kappa shape index (κ2) is 7.14. The highest BCUT2D eigenvalue weighted by Gasteiger charge is 2.33. The van der Waals surface area contributed by atoms with E-state index < -0.39 is 57.2 Å². The van der Waals surface area contributed by atoms with Gasteiger partial charge in [0.25, 0.3) is 0 Å². The molecule has 2 aromatic rings. The molecule has 0 bridgehead atoms. The molecular formula is C16H8F6O4S. The first-order valence-electron chi connectivity index (χ1n) is 6.87. The minimum Gasteiger partial charge on any atom is -0.507 e. The van der Waals surface area contributed by atoms with E-state index in [1.54, 1.807) is 0 Å². The summed E-state index contributed by atoms with van der Waals surface area (Å²) in [4.78, 5) is 23.4. The molecule has 0 aromatic heterocycles. The largest absolute Gasteiger partial charge is 0.507 e. The lowest BCUT2D eigenvalue weighted by atomic mass is 10.1. The molecule has 0 fully saturated rings. The average Bonchev–Trinajstić information content (AvgIpc) is 2.52. The number of rotatable bonds is 3. The van der Waals surface area contributed by atoms with Crippen LogP contribution in [0.5, 0.6) is 11.5 Å². The van der Waals surface area contributed by atoms with E-state index >= 15 is 0 Å². The molecule has 0 unspecified atom stereocenters. The van der Waals surface area contributed by atoms with Crippen molar-refractivity contribution in [3.05, 3.63) is 58.7 Å². The Morgan fingerprint density at radius 2 is 1.33 bits per heavy atom. The molecule has 0 aliphatic rings. The molecule has 0 spiro atoms. The zero-order valence-corrected chi connectivity index (χ0v) is 13.7. The van der Waals surface area contributed by atoms with Gasteiger partial charge in [-0.2, -0.15) is 26.3 Å². The van der Waals surface area contributed by atoms with Gasteiger partial charge in [-0.15, -0.1) is 12.6 Å². The van der Waals surface area contributed by atoms with Crippen LogP contribution in [0.25, 0.3) is 0 Å². The van der Waals surface area contributed by atoms with Gasteiger partial charge in [-0.1, -0.05) is 0 Å². The number of alkyl halides is 6. The Labute approximate surface area is 152 Å². The molecule has 1 N–H and O–H groups in total. The van der Waals surface area contributed by atoms with Crippen molar-refractivity contribution in [3.63, 3.8) is 0 Å². The summed E-state index contributed by atoms with van der Waals surface area (Å²) in [5.74, 6) is -3.37. The van der Waals surface area contributed by atoms with E-state index in [0.29, 0.717) is 24.3 Å². The molecule has 0 aliphatic carbocycles. The number of aromatic hydroxyl groups is 1. The van der Waals surface area contributed by atoms with E-state index in [9.17, 15) is 41.0 Å². The molecule has 2 rings (SSSR count). The SMILES string of the molecule is O=C(Oc1cc(C(F)(F)F)ccc1C(=O)S)c1ccc(C(F)(F)F)cc1O. The van der Waals surface area contributed by atoms with Crippen molar-refractivity contribution in [2.45, 2.75) is 12.4 Å². The highest BCUT2D eigenvalue weighted by atomic mass is 32.1. The zero-order valence-electron chi connectivity index (χ0n) is 12.9. The maximum absolute atomic E-state index is 12.8. The summed E-state index contributed by atoms with van der Waals surface area (Å²) in [6.07, 6.45) is -9.59. The Hall–Kier alpha value is -2.69. The summed E-state index contributed by atoms with van der Waals surface area (Å²) in [5, 5.41) is 8.59. The molecule has 0 saturated carbocycles. The van der Waals surface area contributed by atoms with E-state index in [1.165, 1.54) is 0 Å². The van der Waals surface area contributed by atoms with Crippen LogP contribution in [0, 0.1) is 0 Å². The van der Waals surface area contributed by atoms with Crippen LogP contribution in [-0.4, -0.2) is 16.2 Å². The number of carbonyl (C=O) groups is 2. The van der Waals surface area contributed by atoms with Gasteiger partial charge in [0, 0.05) is 0 Å². The molecule has 0 radical (unpaired) electrons. The molecule has 144 valence electrons. The van der Waals surface area contributed by atoms with Crippen LogP contribution in [0.1, 0.15) is 31.8 Å². The van der Waals surface area contributed by atoms with Crippen molar-refractivity contribution in [1.82, 2.24) is 0 Å². The van der Waals surface area contributed by atoms with Gasteiger partial charge in [0.1, 0.15) is 17.1 Å². The number of thiol groups is 1. The second-order valence-corrected chi connectivity index (χ2v) is 5.54. The third kappa shape index (κ3) is 4.73. The molecule has 2 aromatic carbocycles. The molecular weight excluding hydrogens is 402 g/mol. The predicted octanol–water partition coefficient (Wildman–Crippen LogP) is 4.72. The number of carbonyl (C=O) groups excluding carboxylic acids is 2. The third-order valence-electron chi connectivity index (χ3n) is 3.29. The van der Waals surface area contributed by atoms with Crippen molar-refractivity contribution in [3.8, 4) is 11.5 Å². The maximum Gasteiger partial charge on any atom is 0.416 e. The van der Waals surface area contributed by atoms with Crippen LogP contribution in [0.3, 0.4) is 0 Å². The summed E-state index contributed by atoms with van der Waals surface area (Å²) in [6, 6.07) is 2.99. The van der Waals surface area contributed by atoms with Crippen molar-refractivity contribution < 1.29 is 45.8 Å². The summed E-state index contributed by atoms with van der Waals surface area (Å²) in [6.45, 7) is 0. The lowest BCUT2D eigenvalue weighted by Gasteiger charge is -2.13. The molecule has 0 heterocycles. The van der Waals surface area contributed by atoms with E-state index in [2.05, 4.69) is 17.4 Å². The Balaban J connectivity index is 2.41. The number of hydrogen-bond donors (Lipinski definition) is 2. The highest BCUT2D eigenvalue weighted by molar-refractivity contribution is 7.97. The van der Waals surface area contributed by atoms with E-state index in [1.807, 2.05) is 0 Å². The molecule has 4 nitrogen and oxygen atoms in total. The summed E-state index contributed by atoms with van der Waals surface area (Å²) in [7, 11) is 0. The Morgan fingerprint density at radius 3 is 1.78 bits per heavy atom. The first-order valence-corrected chi connectivity index (χ1v) is 7.32. The van der Waals surface area contributed by atoms with Crippen LogP contribution in [0.4, 0.5) is 26.3 Å². The van der Waals surface area contributed by atoms with Gasteiger partial charge in [-0.05, 0) is 36.4 Å². The number of esters is 1. The van der Waals surface area contributed by atoms with Gasteiger partial charge < -0.3 is 9.84 Å². The number of phenolic OH excluding ortho intramolecular Hbond substituents is 1. The molecule has 0 aliphatic heterocycles. The number of phenols is 1. The van der Waals surface area contributed by atoms with Crippen LogP contribution < -0.4 is 4.74 Å². The number of halogens is 6. The summed E-state index contributed by atoms with van der Waals surface area (Å²) >= 11 is 3.45. The van der Waals surface area contributed by atoms with Crippen LogP contribution in [0.15, 0.2) is 36.4 Å². The third-order valence-corrected chi connectivity index (χ3v) is 3.53. The predicted molar refractivity (Wildman–Crippen MR) is 82.8 cm³/mol. The van der Waals surface area contributed by atoms with Gasteiger partial charge in [0.05, 0.1) is 16.7 Å². The molecule has 0 saturated heterocycles. The normalized spacial score (nSPS) is 12.0. The minimum atomic E-state index is -4.81. The minimum absolute atomic E-state index is 0.257. The molecule has 27 heavy (non-hydrogen) atoms. The molecule has 0 atom stereocenters. The molecule has 0 amide bonds. The van der Waals surface area contributed by atoms with Crippen molar-refractivity contribution in [1.29, 1.82) is 0 Å². The zero-order chi connectivity index (χ0) is 20.6. The summed E-state index contributed by atoms with van der Waals surface area (Å²) < 4.78 is 80.8. The van der Waals surface area contributed by atoms with Crippen molar-refractivity contribution >= 4 is 23.7 Å². The first kappa shape index (κ1) is 20.6. The lowest BCUT2D eigenvalue weighted by Crippen LogP contribution is -2.14. The number of benzene rings is 2. The monoisotopic (exact) mass is 410 g/mol.